The van der Waals surface area contributed by atoms with Crippen LogP contribution in [0.15, 0.2) is 47.4 Å². The molecule has 0 saturated heterocycles. The molecule has 3 aromatic rings. The molecule has 1 aromatic carbocycles. The lowest BCUT2D eigenvalue weighted by molar-refractivity contribution is 0.838. The molecular formula is C17H19N5O. The van der Waals surface area contributed by atoms with Crippen LogP contribution in [-0.2, 0) is 7.05 Å². The fourth-order valence-electron chi connectivity index (χ4n) is 2.37. The summed E-state index contributed by atoms with van der Waals surface area (Å²) in [6.07, 6.45) is 1.74. The van der Waals surface area contributed by atoms with Crippen molar-refractivity contribution in [2.45, 2.75) is 6.92 Å². The van der Waals surface area contributed by atoms with E-state index in [1.165, 1.54) is 0 Å². The number of hydrogen-bond donors (Lipinski definition) is 2. The first-order valence-electron chi connectivity index (χ1n) is 7.51. The van der Waals surface area contributed by atoms with E-state index >= 15 is 0 Å². The first kappa shape index (κ1) is 15.0. The van der Waals surface area contributed by atoms with E-state index in [1.54, 1.807) is 17.8 Å². The monoisotopic (exact) mass is 309 g/mol. The van der Waals surface area contributed by atoms with Gasteiger partial charge in [-0.1, -0.05) is 17.7 Å². The second-order valence-corrected chi connectivity index (χ2v) is 5.39. The average molecular weight is 309 g/mol. The maximum absolute atomic E-state index is 12.4. The first-order valence-corrected chi connectivity index (χ1v) is 7.51. The Hall–Kier alpha value is -2.89. The second-order valence-electron chi connectivity index (χ2n) is 5.39. The number of aromatic nitrogens is 3. The smallest absolute Gasteiger partial charge is 0.262 e. The zero-order chi connectivity index (χ0) is 16.2. The van der Waals surface area contributed by atoms with E-state index in [1.807, 2.05) is 43.3 Å². The molecule has 3 rings (SSSR count). The van der Waals surface area contributed by atoms with Crippen molar-refractivity contribution < 1.29 is 0 Å². The Bertz CT molecular complexity index is 873. The van der Waals surface area contributed by atoms with E-state index in [-0.39, 0.29) is 5.56 Å². The van der Waals surface area contributed by atoms with Crippen LogP contribution in [0.3, 0.4) is 0 Å². The summed E-state index contributed by atoms with van der Waals surface area (Å²) in [5.74, 6) is 1.39. The Balaban J connectivity index is 1.72. The summed E-state index contributed by atoms with van der Waals surface area (Å²) in [7, 11) is 1.73. The second kappa shape index (κ2) is 6.48. The largest absolute Gasteiger partial charge is 0.368 e. The topological polar surface area (TPSA) is 71.8 Å². The quantitative estimate of drug-likeness (QED) is 0.707. The highest BCUT2D eigenvalue weighted by molar-refractivity contribution is 5.79. The number of benzene rings is 1. The van der Waals surface area contributed by atoms with Crippen LogP contribution in [0.2, 0.25) is 0 Å². The molecule has 0 radical (unpaired) electrons. The van der Waals surface area contributed by atoms with Crippen molar-refractivity contribution in [3.8, 4) is 0 Å². The molecule has 0 spiro atoms. The van der Waals surface area contributed by atoms with Gasteiger partial charge in [-0.25, -0.2) is 9.97 Å². The van der Waals surface area contributed by atoms with Gasteiger partial charge in [-0.05, 0) is 31.2 Å². The molecule has 0 bridgehead atoms. The molecule has 23 heavy (non-hydrogen) atoms. The van der Waals surface area contributed by atoms with E-state index in [0.29, 0.717) is 29.9 Å². The molecule has 0 aliphatic carbocycles. The van der Waals surface area contributed by atoms with Crippen LogP contribution in [0.25, 0.3) is 10.9 Å². The number of rotatable bonds is 5. The van der Waals surface area contributed by atoms with Gasteiger partial charge < -0.3 is 10.6 Å². The molecule has 118 valence electrons. The summed E-state index contributed by atoms with van der Waals surface area (Å²) in [4.78, 5) is 21.1. The van der Waals surface area contributed by atoms with Crippen LogP contribution in [0, 0.1) is 6.92 Å². The Labute approximate surface area is 134 Å². The lowest BCUT2D eigenvalue weighted by Gasteiger charge is -2.12. The molecule has 0 unspecified atom stereocenters. The number of nitrogens with one attached hydrogen (secondary N) is 2. The summed E-state index contributed by atoms with van der Waals surface area (Å²) in [6.45, 7) is 3.28. The fraction of sp³-hybridized carbons (Fsp3) is 0.235. The Kier molecular flexibility index (Phi) is 4.23. The Morgan fingerprint density at radius 3 is 2.74 bits per heavy atom. The van der Waals surface area contributed by atoms with Crippen molar-refractivity contribution in [3.63, 3.8) is 0 Å². The molecule has 0 atom stereocenters. The number of nitrogens with zero attached hydrogens (tertiary/aromatic N) is 3. The van der Waals surface area contributed by atoms with Gasteiger partial charge in [-0.15, -0.1) is 0 Å². The Morgan fingerprint density at radius 1 is 1.13 bits per heavy atom. The summed E-state index contributed by atoms with van der Waals surface area (Å²) in [5.41, 5.74) is 1.72. The van der Waals surface area contributed by atoms with Gasteiger partial charge in [0, 0.05) is 26.3 Å². The maximum Gasteiger partial charge on any atom is 0.262 e. The van der Waals surface area contributed by atoms with E-state index in [9.17, 15) is 4.79 Å². The minimum Gasteiger partial charge on any atom is -0.368 e. The van der Waals surface area contributed by atoms with Crippen LogP contribution >= 0.6 is 0 Å². The third-order valence-electron chi connectivity index (χ3n) is 3.61. The number of fused-ring (bicyclic) bond motifs is 1. The predicted molar refractivity (Wildman–Crippen MR) is 92.9 cm³/mol. The first-order chi connectivity index (χ1) is 11.1. The summed E-state index contributed by atoms with van der Waals surface area (Å²) < 4.78 is 1.54. The summed E-state index contributed by atoms with van der Waals surface area (Å²) in [5, 5.41) is 7.04. The van der Waals surface area contributed by atoms with Gasteiger partial charge in [0.25, 0.3) is 5.56 Å². The third-order valence-corrected chi connectivity index (χ3v) is 3.61. The van der Waals surface area contributed by atoms with Crippen LogP contribution in [0.4, 0.5) is 11.8 Å². The number of pyridine rings is 1. The molecule has 6 nitrogen and oxygen atoms in total. The SMILES string of the molecule is Cc1ccc2nc(NCCNc3ccccn3)n(C)c(=O)c2c1. The van der Waals surface area contributed by atoms with Crippen molar-refractivity contribution in [3.05, 3.63) is 58.5 Å². The predicted octanol–water partition coefficient (Wildman–Crippen LogP) is 2.16. The van der Waals surface area contributed by atoms with Gasteiger partial charge >= 0.3 is 0 Å². The highest BCUT2D eigenvalue weighted by atomic mass is 16.1. The van der Waals surface area contributed by atoms with Crippen molar-refractivity contribution in [1.82, 2.24) is 14.5 Å². The zero-order valence-electron chi connectivity index (χ0n) is 13.2. The van der Waals surface area contributed by atoms with Crippen molar-refractivity contribution >= 4 is 22.7 Å². The van der Waals surface area contributed by atoms with Crippen LogP contribution in [-0.4, -0.2) is 27.6 Å². The summed E-state index contributed by atoms with van der Waals surface area (Å²) >= 11 is 0. The standard InChI is InChI=1S/C17H19N5O/c1-12-6-7-14-13(11-12)16(23)22(2)17(21-14)20-10-9-19-15-5-3-4-8-18-15/h3-8,11H,9-10H2,1-2H3,(H,18,19)(H,20,21). The fourth-order valence-corrected chi connectivity index (χ4v) is 2.37. The molecule has 0 saturated carbocycles. The van der Waals surface area contributed by atoms with Crippen molar-refractivity contribution in [2.24, 2.45) is 7.05 Å². The minimum atomic E-state index is -0.0427. The van der Waals surface area contributed by atoms with Gasteiger partial charge in [0.2, 0.25) is 5.95 Å². The molecule has 0 aliphatic heterocycles. The molecule has 0 amide bonds. The van der Waals surface area contributed by atoms with E-state index < -0.39 is 0 Å². The average Bonchev–Trinajstić information content (AvgIpc) is 2.57. The van der Waals surface area contributed by atoms with Gasteiger partial charge in [0.1, 0.15) is 5.82 Å². The number of anilines is 2. The molecular weight excluding hydrogens is 290 g/mol. The third kappa shape index (κ3) is 3.31. The van der Waals surface area contributed by atoms with Crippen LogP contribution < -0.4 is 16.2 Å². The molecule has 6 heteroatoms. The van der Waals surface area contributed by atoms with E-state index in [0.717, 1.165) is 11.4 Å². The molecule has 2 heterocycles. The number of hydrogen-bond acceptors (Lipinski definition) is 5. The molecule has 2 N–H and O–H groups in total. The van der Waals surface area contributed by atoms with Gasteiger partial charge in [0.05, 0.1) is 10.9 Å². The highest BCUT2D eigenvalue weighted by Gasteiger charge is 2.07. The summed E-state index contributed by atoms with van der Waals surface area (Å²) in [6, 6.07) is 11.4. The maximum atomic E-state index is 12.4. The molecule has 0 aliphatic rings. The van der Waals surface area contributed by atoms with Gasteiger partial charge in [0.15, 0.2) is 0 Å². The van der Waals surface area contributed by atoms with Gasteiger partial charge in [-0.3, -0.25) is 9.36 Å². The van der Waals surface area contributed by atoms with Crippen molar-refractivity contribution in [1.29, 1.82) is 0 Å². The Morgan fingerprint density at radius 2 is 1.96 bits per heavy atom. The highest BCUT2D eigenvalue weighted by Crippen LogP contribution is 2.12. The minimum absolute atomic E-state index is 0.0427. The lowest BCUT2D eigenvalue weighted by atomic mass is 10.2. The van der Waals surface area contributed by atoms with Crippen molar-refractivity contribution in [2.75, 3.05) is 23.7 Å². The molecule has 2 aromatic heterocycles. The van der Waals surface area contributed by atoms with E-state index in [2.05, 4.69) is 20.6 Å². The lowest BCUT2D eigenvalue weighted by Crippen LogP contribution is -2.24. The van der Waals surface area contributed by atoms with E-state index in [4.69, 9.17) is 0 Å². The van der Waals surface area contributed by atoms with Crippen LogP contribution in [0.5, 0.6) is 0 Å². The normalized spacial score (nSPS) is 10.7. The van der Waals surface area contributed by atoms with Crippen LogP contribution in [0.1, 0.15) is 5.56 Å². The van der Waals surface area contributed by atoms with Gasteiger partial charge in [-0.2, -0.15) is 0 Å². The number of aryl methyl sites for hydroxylation is 1. The zero-order valence-corrected chi connectivity index (χ0v) is 13.2. The molecule has 0 fully saturated rings.